The van der Waals surface area contributed by atoms with Crippen LogP contribution in [-0.4, -0.2) is 68.5 Å². The van der Waals surface area contributed by atoms with Crippen LogP contribution in [0.4, 0.5) is 13.2 Å². The number of likely N-dealkylation sites (N-methyl/N-ethyl adjacent to an activating group) is 2. The van der Waals surface area contributed by atoms with Crippen molar-refractivity contribution in [3.8, 4) is 5.75 Å². The lowest BCUT2D eigenvalue weighted by Gasteiger charge is -2.25. The van der Waals surface area contributed by atoms with E-state index in [1.807, 2.05) is 7.05 Å². The fourth-order valence-electron chi connectivity index (χ4n) is 2.83. The van der Waals surface area contributed by atoms with E-state index in [-0.39, 0.29) is 23.8 Å². The number of alkyl halides is 3. The van der Waals surface area contributed by atoms with E-state index in [2.05, 4.69) is 9.64 Å². The van der Waals surface area contributed by atoms with Gasteiger partial charge in [0.2, 0.25) is 0 Å². The van der Waals surface area contributed by atoms with Crippen LogP contribution in [0.5, 0.6) is 5.75 Å². The van der Waals surface area contributed by atoms with E-state index in [1.54, 1.807) is 19.1 Å². The van der Waals surface area contributed by atoms with Gasteiger partial charge in [-0.2, -0.15) is 0 Å². The van der Waals surface area contributed by atoms with Crippen LogP contribution >= 0.6 is 0 Å². The maximum atomic E-state index is 12.4. The molecule has 2 atom stereocenters. The van der Waals surface area contributed by atoms with Crippen molar-refractivity contribution >= 4 is 5.91 Å². The Kier molecular flexibility index (Phi) is 5.71. The minimum Gasteiger partial charge on any atom is -0.406 e. The summed E-state index contributed by atoms with van der Waals surface area (Å²) in [5, 5.41) is 0. The molecule has 0 bridgehead atoms. The number of methoxy groups -OCH3 is 1. The molecule has 0 aromatic heterocycles. The molecule has 5 nitrogen and oxygen atoms in total. The summed E-state index contributed by atoms with van der Waals surface area (Å²) >= 11 is 0. The van der Waals surface area contributed by atoms with Crippen LogP contribution in [0.15, 0.2) is 24.3 Å². The fraction of sp³-hybridized carbons (Fsp3) is 0.562. The summed E-state index contributed by atoms with van der Waals surface area (Å²) in [6, 6.07) is 5.12. The number of amides is 1. The van der Waals surface area contributed by atoms with Crippen molar-refractivity contribution in [3.63, 3.8) is 0 Å². The third-order valence-electron chi connectivity index (χ3n) is 4.15. The van der Waals surface area contributed by atoms with Crippen molar-refractivity contribution in [1.29, 1.82) is 0 Å². The van der Waals surface area contributed by atoms with E-state index >= 15 is 0 Å². The van der Waals surface area contributed by atoms with E-state index < -0.39 is 6.36 Å². The summed E-state index contributed by atoms with van der Waals surface area (Å²) < 4.78 is 45.6. The summed E-state index contributed by atoms with van der Waals surface area (Å²) in [5.41, 5.74) is 0.316. The molecule has 1 saturated heterocycles. The number of hydrogen-bond acceptors (Lipinski definition) is 4. The lowest BCUT2D eigenvalue weighted by Crippen LogP contribution is -2.39. The molecule has 2 rings (SSSR count). The van der Waals surface area contributed by atoms with Gasteiger partial charge in [-0.05, 0) is 37.7 Å². The molecule has 1 heterocycles. The van der Waals surface area contributed by atoms with Gasteiger partial charge in [0.25, 0.3) is 5.91 Å². The molecule has 0 saturated carbocycles. The molecule has 0 aliphatic carbocycles. The molecule has 1 amide bonds. The number of carbonyl (C=O) groups is 1. The number of halogens is 3. The van der Waals surface area contributed by atoms with Crippen molar-refractivity contribution in [2.24, 2.45) is 0 Å². The number of carbonyl (C=O) groups excluding carboxylic acids is 1. The van der Waals surface area contributed by atoms with Gasteiger partial charge in [0.05, 0.1) is 6.10 Å². The van der Waals surface area contributed by atoms with E-state index in [0.29, 0.717) is 12.1 Å². The van der Waals surface area contributed by atoms with Crippen LogP contribution in [0.1, 0.15) is 16.8 Å². The first kappa shape index (κ1) is 18.5. The molecule has 1 fully saturated rings. The maximum absolute atomic E-state index is 12.4. The van der Waals surface area contributed by atoms with Gasteiger partial charge in [0.15, 0.2) is 0 Å². The Bertz CT molecular complexity index is 563. The predicted molar refractivity (Wildman–Crippen MR) is 81.9 cm³/mol. The third kappa shape index (κ3) is 4.85. The molecule has 8 heteroatoms. The summed E-state index contributed by atoms with van der Waals surface area (Å²) in [7, 11) is 5.32. The Morgan fingerprint density at radius 1 is 1.33 bits per heavy atom. The number of likely N-dealkylation sites (tertiary alicyclic amines) is 1. The van der Waals surface area contributed by atoms with E-state index in [9.17, 15) is 18.0 Å². The SMILES string of the molecule is CO[C@H]1C[C@@H](CN(C)C(=O)c2ccc(OC(F)(F)F)cc2)N(C)C1. The monoisotopic (exact) mass is 346 g/mol. The molecule has 0 radical (unpaired) electrons. The maximum Gasteiger partial charge on any atom is 0.573 e. The quantitative estimate of drug-likeness (QED) is 0.821. The number of nitrogens with zero attached hydrogens (tertiary/aromatic N) is 2. The smallest absolute Gasteiger partial charge is 0.406 e. The first-order chi connectivity index (χ1) is 11.2. The van der Waals surface area contributed by atoms with Gasteiger partial charge in [-0.1, -0.05) is 0 Å². The van der Waals surface area contributed by atoms with Crippen molar-refractivity contribution in [2.75, 3.05) is 34.3 Å². The summed E-state index contributed by atoms with van der Waals surface area (Å²) in [6.07, 6.45) is -3.75. The van der Waals surface area contributed by atoms with Crippen LogP contribution in [-0.2, 0) is 4.74 Å². The van der Waals surface area contributed by atoms with Crippen molar-refractivity contribution in [2.45, 2.75) is 24.9 Å². The second-order valence-corrected chi connectivity index (χ2v) is 5.94. The zero-order valence-electron chi connectivity index (χ0n) is 13.8. The molecule has 134 valence electrons. The van der Waals surface area contributed by atoms with Crippen LogP contribution in [0, 0.1) is 0 Å². The Balaban J connectivity index is 1.95. The Labute approximate surface area is 138 Å². The highest BCUT2D eigenvalue weighted by atomic mass is 19.4. The minimum atomic E-state index is -4.74. The molecule has 1 aliphatic heterocycles. The summed E-state index contributed by atoms with van der Waals surface area (Å²) in [4.78, 5) is 16.1. The van der Waals surface area contributed by atoms with Gasteiger partial charge in [-0.25, -0.2) is 0 Å². The molecule has 0 N–H and O–H groups in total. The first-order valence-electron chi connectivity index (χ1n) is 7.54. The fourth-order valence-corrected chi connectivity index (χ4v) is 2.83. The Hall–Kier alpha value is -1.80. The average Bonchev–Trinajstić information content (AvgIpc) is 2.86. The standard InChI is InChI=1S/C16H21F3N2O3/c1-20-10-14(23-3)8-12(20)9-21(2)15(22)11-4-6-13(7-5-11)24-16(17,18)19/h4-7,12,14H,8-10H2,1-3H3/t12-,14-/m0/s1. The van der Waals surface area contributed by atoms with Gasteiger partial charge in [-0.15, -0.1) is 13.2 Å². The van der Waals surface area contributed by atoms with E-state index in [4.69, 9.17) is 4.74 Å². The minimum absolute atomic E-state index is 0.155. The highest BCUT2D eigenvalue weighted by Crippen LogP contribution is 2.23. The van der Waals surface area contributed by atoms with Crippen LogP contribution in [0.25, 0.3) is 0 Å². The Morgan fingerprint density at radius 2 is 1.96 bits per heavy atom. The largest absolute Gasteiger partial charge is 0.573 e. The topological polar surface area (TPSA) is 42.0 Å². The highest BCUT2D eigenvalue weighted by Gasteiger charge is 2.32. The van der Waals surface area contributed by atoms with Gasteiger partial charge < -0.3 is 14.4 Å². The third-order valence-corrected chi connectivity index (χ3v) is 4.15. The number of ether oxygens (including phenoxy) is 2. The zero-order chi connectivity index (χ0) is 17.9. The molecular formula is C16H21F3N2O3. The molecule has 24 heavy (non-hydrogen) atoms. The van der Waals surface area contributed by atoms with Crippen molar-refractivity contribution in [3.05, 3.63) is 29.8 Å². The predicted octanol–water partition coefficient (Wildman–Crippen LogP) is 2.38. The second-order valence-electron chi connectivity index (χ2n) is 5.94. The Morgan fingerprint density at radius 3 is 2.46 bits per heavy atom. The average molecular weight is 346 g/mol. The zero-order valence-corrected chi connectivity index (χ0v) is 13.8. The van der Waals surface area contributed by atoms with Gasteiger partial charge in [-0.3, -0.25) is 9.69 Å². The number of hydrogen-bond donors (Lipinski definition) is 0. The summed E-state index contributed by atoms with van der Waals surface area (Å²) in [5.74, 6) is -0.594. The second kappa shape index (κ2) is 7.40. The lowest BCUT2D eigenvalue weighted by molar-refractivity contribution is -0.274. The van der Waals surface area contributed by atoms with Crippen molar-refractivity contribution in [1.82, 2.24) is 9.80 Å². The van der Waals surface area contributed by atoms with Crippen molar-refractivity contribution < 1.29 is 27.4 Å². The van der Waals surface area contributed by atoms with Gasteiger partial charge >= 0.3 is 6.36 Å². The van der Waals surface area contributed by atoms with Gasteiger partial charge in [0, 0.05) is 38.9 Å². The molecule has 1 aromatic carbocycles. The van der Waals surface area contributed by atoms with E-state index in [0.717, 1.165) is 25.1 Å². The molecule has 0 unspecified atom stereocenters. The van der Waals surface area contributed by atoms with Gasteiger partial charge in [0.1, 0.15) is 5.75 Å². The van der Waals surface area contributed by atoms with Crippen LogP contribution in [0.2, 0.25) is 0 Å². The summed E-state index contributed by atoms with van der Waals surface area (Å²) in [6.45, 7) is 1.34. The molecule has 1 aliphatic rings. The molecule has 1 aromatic rings. The van der Waals surface area contributed by atoms with Crippen LogP contribution < -0.4 is 4.74 Å². The molecular weight excluding hydrogens is 325 g/mol. The lowest BCUT2D eigenvalue weighted by atomic mass is 10.1. The first-order valence-corrected chi connectivity index (χ1v) is 7.54. The number of benzene rings is 1. The molecule has 0 spiro atoms. The highest BCUT2D eigenvalue weighted by molar-refractivity contribution is 5.94. The number of rotatable bonds is 5. The van der Waals surface area contributed by atoms with E-state index in [1.165, 1.54) is 12.1 Å². The van der Waals surface area contributed by atoms with Crippen LogP contribution in [0.3, 0.4) is 0 Å². The normalized spacial score (nSPS) is 21.8.